The van der Waals surface area contributed by atoms with Crippen LogP contribution in [0.3, 0.4) is 0 Å². The van der Waals surface area contributed by atoms with E-state index in [2.05, 4.69) is 10.6 Å². The van der Waals surface area contributed by atoms with Crippen LogP contribution in [0.25, 0.3) is 0 Å². The van der Waals surface area contributed by atoms with Gasteiger partial charge in [0, 0.05) is 5.54 Å². The van der Waals surface area contributed by atoms with Crippen molar-refractivity contribution in [3.63, 3.8) is 0 Å². The zero-order valence-corrected chi connectivity index (χ0v) is 16.2. The SMILES string of the molecule is CCOC(=O)[C@@H](NC(=S)NC12CC3CC(CC(C3)C1)C2)c1ccccc1. The largest absolute Gasteiger partial charge is 0.464 e. The summed E-state index contributed by atoms with van der Waals surface area (Å²) in [6, 6.07) is 9.10. The van der Waals surface area contributed by atoms with E-state index in [4.69, 9.17) is 17.0 Å². The summed E-state index contributed by atoms with van der Waals surface area (Å²) in [4.78, 5) is 12.5. The summed E-state index contributed by atoms with van der Waals surface area (Å²) in [5.41, 5.74) is 1.01. The summed E-state index contributed by atoms with van der Waals surface area (Å²) in [7, 11) is 0. The van der Waals surface area contributed by atoms with Crippen molar-refractivity contribution in [1.29, 1.82) is 0 Å². The Morgan fingerprint density at radius 3 is 2.27 bits per heavy atom. The molecular formula is C21H28N2O2S. The number of benzene rings is 1. The number of hydrogen-bond donors (Lipinski definition) is 2. The maximum Gasteiger partial charge on any atom is 0.333 e. The lowest BCUT2D eigenvalue weighted by Crippen LogP contribution is -2.61. The van der Waals surface area contributed by atoms with Gasteiger partial charge in [-0.05, 0) is 81.0 Å². The predicted molar refractivity (Wildman–Crippen MR) is 106 cm³/mol. The van der Waals surface area contributed by atoms with E-state index in [1.54, 1.807) is 0 Å². The minimum absolute atomic E-state index is 0.134. The molecule has 4 aliphatic carbocycles. The first kappa shape index (κ1) is 17.8. The standard InChI is InChI=1S/C21H28N2O2S/c1-2-25-19(24)18(17-6-4-3-5-7-17)22-20(26)23-21-11-14-8-15(12-21)10-16(9-14)13-21/h3-7,14-16,18H,2,8-13H2,1H3,(H2,22,23,26)/t14?,15?,16?,18-,21?/m0/s1. The van der Waals surface area contributed by atoms with Gasteiger partial charge in [0.05, 0.1) is 6.61 Å². The van der Waals surface area contributed by atoms with E-state index in [1.165, 1.54) is 38.5 Å². The molecule has 4 aliphatic rings. The number of rotatable bonds is 5. The normalized spacial score (nSPS) is 32.7. The molecule has 4 nitrogen and oxygen atoms in total. The molecule has 0 radical (unpaired) electrons. The molecule has 0 saturated heterocycles. The van der Waals surface area contributed by atoms with Gasteiger partial charge in [-0.25, -0.2) is 4.79 Å². The summed E-state index contributed by atoms with van der Waals surface area (Å²) in [6.07, 6.45) is 7.85. The van der Waals surface area contributed by atoms with Gasteiger partial charge in [0.1, 0.15) is 0 Å². The Morgan fingerprint density at radius 2 is 1.73 bits per heavy atom. The average Bonchev–Trinajstić information content (AvgIpc) is 2.59. The number of nitrogens with one attached hydrogen (secondary N) is 2. The molecule has 0 heterocycles. The first-order valence-corrected chi connectivity index (χ1v) is 10.3. The van der Waals surface area contributed by atoms with E-state index in [-0.39, 0.29) is 11.5 Å². The third kappa shape index (κ3) is 3.59. The Kier molecular flexibility index (Phi) is 4.91. The molecule has 4 bridgehead atoms. The van der Waals surface area contributed by atoms with Crippen molar-refractivity contribution in [1.82, 2.24) is 10.6 Å². The van der Waals surface area contributed by atoms with Gasteiger partial charge < -0.3 is 15.4 Å². The van der Waals surface area contributed by atoms with Crippen LogP contribution in [0.2, 0.25) is 0 Å². The van der Waals surface area contributed by atoms with Crippen LogP contribution in [0.5, 0.6) is 0 Å². The highest BCUT2D eigenvalue weighted by atomic mass is 32.1. The molecule has 1 aromatic carbocycles. The molecule has 2 N–H and O–H groups in total. The van der Waals surface area contributed by atoms with Crippen LogP contribution < -0.4 is 10.6 Å². The van der Waals surface area contributed by atoms with Crippen molar-refractivity contribution in [2.75, 3.05) is 6.61 Å². The van der Waals surface area contributed by atoms with Crippen molar-refractivity contribution >= 4 is 23.3 Å². The van der Waals surface area contributed by atoms with Crippen molar-refractivity contribution in [3.05, 3.63) is 35.9 Å². The third-order valence-corrected chi connectivity index (χ3v) is 6.57. The zero-order chi connectivity index (χ0) is 18.1. The third-order valence-electron chi connectivity index (χ3n) is 6.35. The van der Waals surface area contributed by atoms with Crippen molar-refractivity contribution < 1.29 is 9.53 Å². The summed E-state index contributed by atoms with van der Waals surface area (Å²) < 4.78 is 5.26. The van der Waals surface area contributed by atoms with E-state index in [0.717, 1.165) is 23.3 Å². The second-order valence-electron chi connectivity index (χ2n) is 8.39. The maximum absolute atomic E-state index is 12.5. The second-order valence-corrected chi connectivity index (χ2v) is 8.80. The number of esters is 1. The highest BCUT2D eigenvalue weighted by Gasteiger charge is 2.51. The lowest BCUT2D eigenvalue weighted by atomic mass is 9.53. The Bertz CT molecular complexity index is 641. The van der Waals surface area contributed by atoms with Crippen LogP contribution in [-0.2, 0) is 9.53 Å². The summed E-state index contributed by atoms with van der Waals surface area (Å²) in [5, 5.41) is 7.45. The minimum atomic E-state index is -0.565. The van der Waals surface area contributed by atoms with E-state index in [1.807, 2.05) is 37.3 Å². The monoisotopic (exact) mass is 372 g/mol. The number of ether oxygens (including phenoxy) is 1. The Hall–Kier alpha value is -1.62. The fraction of sp³-hybridized carbons (Fsp3) is 0.619. The summed E-state index contributed by atoms with van der Waals surface area (Å²) in [5.74, 6) is 2.28. The fourth-order valence-corrected chi connectivity index (χ4v) is 6.16. The lowest BCUT2D eigenvalue weighted by molar-refractivity contribution is -0.145. The van der Waals surface area contributed by atoms with Gasteiger partial charge in [-0.2, -0.15) is 0 Å². The second kappa shape index (κ2) is 7.18. The van der Waals surface area contributed by atoms with Crippen molar-refractivity contribution in [2.24, 2.45) is 17.8 Å². The predicted octanol–water partition coefficient (Wildman–Crippen LogP) is 3.72. The molecule has 0 spiro atoms. The molecule has 140 valence electrons. The van der Waals surface area contributed by atoms with E-state index >= 15 is 0 Å². The number of carbonyl (C=O) groups is 1. The highest BCUT2D eigenvalue weighted by molar-refractivity contribution is 7.80. The molecule has 0 aromatic heterocycles. The van der Waals surface area contributed by atoms with Crippen LogP contribution in [0.4, 0.5) is 0 Å². The average molecular weight is 373 g/mol. The minimum Gasteiger partial charge on any atom is -0.464 e. The zero-order valence-electron chi connectivity index (χ0n) is 15.4. The van der Waals surface area contributed by atoms with E-state index < -0.39 is 6.04 Å². The molecule has 0 unspecified atom stereocenters. The molecular weight excluding hydrogens is 344 g/mol. The summed E-state index contributed by atoms with van der Waals surface area (Å²) in [6.45, 7) is 2.19. The molecule has 1 aromatic rings. The Labute approximate surface area is 161 Å². The molecule has 0 aliphatic heterocycles. The molecule has 4 saturated carbocycles. The molecule has 26 heavy (non-hydrogen) atoms. The molecule has 5 heteroatoms. The van der Waals surface area contributed by atoms with Crippen LogP contribution in [-0.4, -0.2) is 23.2 Å². The van der Waals surface area contributed by atoms with Crippen molar-refractivity contribution in [3.8, 4) is 0 Å². The van der Waals surface area contributed by atoms with Gasteiger partial charge in [0.25, 0.3) is 0 Å². The highest BCUT2D eigenvalue weighted by Crippen LogP contribution is 2.55. The van der Waals surface area contributed by atoms with Gasteiger partial charge >= 0.3 is 5.97 Å². The Morgan fingerprint density at radius 1 is 1.15 bits per heavy atom. The van der Waals surface area contributed by atoms with Gasteiger partial charge in [-0.1, -0.05) is 30.3 Å². The number of thiocarbonyl (C=S) groups is 1. The molecule has 0 amide bonds. The quantitative estimate of drug-likeness (QED) is 0.609. The fourth-order valence-electron chi connectivity index (χ4n) is 5.82. The van der Waals surface area contributed by atoms with Crippen molar-refractivity contribution in [2.45, 2.75) is 57.0 Å². The van der Waals surface area contributed by atoms with E-state index in [9.17, 15) is 4.79 Å². The first-order chi connectivity index (χ1) is 12.6. The lowest BCUT2D eigenvalue weighted by Gasteiger charge is -2.57. The summed E-state index contributed by atoms with van der Waals surface area (Å²) >= 11 is 5.64. The number of carbonyl (C=O) groups excluding carboxylic acids is 1. The van der Waals surface area contributed by atoms with Gasteiger partial charge in [-0.15, -0.1) is 0 Å². The van der Waals surface area contributed by atoms with Crippen LogP contribution in [0.15, 0.2) is 30.3 Å². The first-order valence-electron chi connectivity index (χ1n) is 9.87. The Balaban J connectivity index is 1.46. The topological polar surface area (TPSA) is 50.4 Å². The van der Waals surface area contributed by atoms with Crippen LogP contribution in [0, 0.1) is 17.8 Å². The van der Waals surface area contributed by atoms with Gasteiger partial charge in [0.2, 0.25) is 0 Å². The van der Waals surface area contributed by atoms with Gasteiger partial charge in [0.15, 0.2) is 11.2 Å². The molecule has 5 rings (SSSR count). The van der Waals surface area contributed by atoms with Crippen LogP contribution >= 0.6 is 12.2 Å². The maximum atomic E-state index is 12.5. The van der Waals surface area contributed by atoms with Gasteiger partial charge in [-0.3, -0.25) is 0 Å². The van der Waals surface area contributed by atoms with E-state index in [0.29, 0.717) is 11.7 Å². The molecule has 1 atom stereocenters. The smallest absolute Gasteiger partial charge is 0.333 e. The molecule has 4 fully saturated rings. The van der Waals surface area contributed by atoms with Crippen LogP contribution in [0.1, 0.15) is 57.1 Å². The number of hydrogen-bond acceptors (Lipinski definition) is 3.